The molecule has 0 heterocycles. The first-order valence-electron chi connectivity index (χ1n) is 8.55. The standard InChI is InChI=1S/C22H22Si2/c1-2-18-11-9-10-16-21(18)22(24-20-14-7-4-8-15-20)17-23-19-12-5-3-6-13-19/h3-16,22H,2,17H2,1H3. The maximum atomic E-state index is 2.34. The summed E-state index contributed by atoms with van der Waals surface area (Å²) in [5, 5.41) is 2.93. The minimum absolute atomic E-state index is 0.613. The molecule has 3 aromatic rings. The molecule has 1 atom stereocenters. The Morgan fingerprint density at radius 1 is 0.708 bits per heavy atom. The summed E-state index contributed by atoms with van der Waals surface area (Å²) in [6, 6.07) is 32.1. The molecule has 0 nitrogen and oxygen atoms in total. The Bertz CT molecular complexity index is 738. The highest BCUT2D eigenvalue weighted by atomic mass is 28.2. The van der Waals surface area contributed by atoms with E-state index < -0.39 is 0 Å². The third kappa shape index (κ3) is 4.56. The Hall–Kier alpha value is -1.91. The molecule has 118 valence electrons. The Balaban J connectivity index is 1.83. The Kier molecular flexibility index (Phi) is 6.22. The minimum atomic E-state index is 0.613. The van der Waals surface area contributed by atoms with E-state index in [2.05, 4.69) is 91.9 Å². The van der Waals surface area contributed by atoms with Gasteiger partial charge < -0.3 is 0 Å². The zero-order valence-corrected chi connectivity index (χ0v) is 16.1. The highest BCUT2D eigenvalue weighted by Gasteiger charge is 2.16. The summed E-state index contributed by atoms with van der Waals surface area (Å²) in [5.74, 6) is 0. The van der Waals surface area contributed by atoms with Crippen LogP contribution in [-0.4, -0.2) is 19.0 Å². The highest BCUT2D eigenvalue weighted by molar-refractivity contribution is 6.60. The van der Waals surface area contributed by atoms with Crippen LogP contribution in [0, 0.1) is 0 Å². The third-order valence-corrected chi connectivity index (χ3v) is 7.50. The van der Waals surface area contributed by atoms with Gasteiger partial charge in [0.15, 0.2) is 0 Å². The van der Waals surface area contributed by atoms with E-state index in [1.54, 1.807) is 5.56 Å². The molecule has 1 unspecified atom stereocenters. The van der Waals surface area contributed by atoms with E-state index >= 15 is 0 Å². The van der Waals surface area contributed by atoms with Gasteiger partial charge in [0.1, 0.15) is 0 Å². The molecule has 2 heteroatoms. The van der Waals surface area contributed by atoms with E-state index in [1.165, 1.54) is 22.0 Å². The predicted octanol–water partition coefficient (Wildman–Crippen LogP) is 3.77. The van der Waals surface area contributed by atoms with Crippen LogP contribution in [0.15, 0.2) is 84.9 Å². The maximum absolute atomic E-state index is 2.34. The largest absolute Gasteiger partial charge is 0.0887 e. The van der Waals surface area contributed by atoms with Gasteiger partial charge in [0.25, 0.3) is 0 Å². The normalized spacial score (nSPS) is 12.0. The van der Waals surface area contributed by atoms with Crippen molar-refractivity contribution in [1.29, 1.82) is 0 Å². The minimum Gasteiger partial charge on any atom is -0.0642 e. The molecule has 0 aliphatic heterocycles. The monoisotopic (exact) mass is 342 g/mol. The molecule has 0 spiro atoms. The van der Waals surface area contributed by atoms with Gasteiger partial charge in [-0.25, -0.2) is 0 Å². The molecule has 3 aromatic carbocycles. The van der Waals surface area contributed by atoms with Crippen molar-refractivity contribution < 1.29 is 0 Å². The van der Waals surface area contributed by atoms with Gasteiger partial charge in [-0.15, -0.1) is 0 Å². The average Bonchev–Trinajstić information content (AvgIpc) is 2.67. The first kappa shape index (κ1) is 16.9. The molecule has 0 fully saturated rings. The van der Waals surface area contributed by atoms with Crippen LogP contribution < -0.4 is 10.4 Å². The van der Waals surface area contributed by atoms with E-state index in [1.807, 2.05) is 0 Å². The van der Waals surface area contributed by atoms with Crippen molar-refractivity contribution in [2.75, 3.05) is 0 Å². The topological polar surface area (TPSA) is 0 Å². The lowest BCUT2D eigenvalue weighted by atomic mass is 10.0. The van der Waals surface area contributed by atoms with Gasteiger partial charge in [0, 0.05) is 0 Å². The highest BCUT2D eigenvalue weighted by Crippen LogP contribution is 2.23. The Morgan fingerprint density at radius 2 is 1.29 bits per heavy atom. The second-order valence-corrected chi connectivity index (χ2v) is 8.76. The van der Waals surface area contributed by atoms with Gasteiger partial charge in [-0.3, -0.25) is 0 Å². The summed E-state index contributed by atoms with van der Waals surface area (Å²) in [5.41, 5.74) is 3.66. The van der Waals surface area contributed by atoms with Gasteiger partial charge in [-0.2, -0.15) is 0 Å². The zero-order chi connectivity index (χ0) is 16.6. The van der Waals surface area contributed by atoms with Crippen molar-refractivity contribution in [2.45, 2.75) is 24.9 Å². The van der Waals surface area contributed by atoms with Crippen LogP contribution in [0.2, 0.25) is 6.04 Å². The molecule has 4 radical (unpaired) electrons. The second-order valence-electron chi connectivity index (χ2n) is 5.86. The predicted molar refractivity (Wildman–Crippen MR) is 107 cm³/mol. The van der Waals surface area contributed by atoms with Crippen molar-refractivity contribution in [3.8, 4) is 0 Å². The van der Waals surface area contributed by atoms with Crippen molar-refractivity contribution in [2.24, 2.45) is 0 Å². The molecular weight excluding hydrogens is 320 g/mol. The number of hydrogen-bond acceptors (Lipinski definition) is 0. The second kappa shape index (κ2) is 8.81. The number of hydrogen-bond donors (Lipinski definition) is 0. The van der Waals surface area contributed by atoms with Crippen LogP contribution in [0.4, 0.5) is 0 Å². The van der Waals surface area contributed by atoms with Crippen LogP contribution in [0.5, 0.6) is 0 Å². The van der Waals surface area contributed by atoms with E-state index in [4.69, 9.17) is 0 Å². The molecule has 0 saturated heterocycles. The third-order valence-electron chi connectivity index (χ3n) is 4.21. The fourth-order valence-electron chi connectivity index (χ4n) is 2.95. The summed E-state index contributed by atoms with van der Waals surface area (Å²) in [7, 11) is 1.70. The van der Waals surface area contributed by atoms with E-state index in [0.29, 0.717) is 5.54 Å². The molecule has 0 bridgehead atoms. The SMILES string of the molecule is CCc1ccccc1C(C[Si]c1ccccc1)[Si]c1ccccc1. The van der Waals surface area contributed by atoms with Gasteiger partial charge in [0.2, 0.25) is 0 Å². The van der Waals surface area contributed by atoms with Crippen LogP contribution in [0.1, 0.15) is 23.6 Å². The molecule has 0 N–H and O–H groups in total. The molecule has 24 heavy (non-hydrogen) atoms. The van der Waals surface area contributed by atoms with Crippen LogP contribution in [-0.2, 0) is 6.42 Å². The summed E-state index contributed by atoms with van der Waals surface area (Å²) in [6.07, 6.45) is 1.11. The lowest BCUT2D eigenvalue weighted by molar-refractivity contribution is 0.995. The summed E-state index contributed by atoms with van der Waals surface area (Å²) in [4.78, 5) is 0. The fourth-order valence-corrected chi connectivity index (χ4v) is 5.97. The molecule has 0 aliphatic carbocycles. The Morgan fingerprint density at radius 3 is 1.96 bits per heavy atom. The number of rotatable bonds is 7. The lowest BCUT2D eigenvalue weighted by Crippen LogP contribution is -2.26. The Labute approximate surface area is 150 Å². The van der Waals surface area contributed by atoms with Crippen molar-refractivity contribution in [1.82, 2.24) is 0 Å². The van der Waals surface area contributed by atoms with E-state index in [-0.39, 0.29) is 0 Å². The van der Waals surface area contributed by atoms with Gasteiger partial charge in [0.05, 0.1) is 19.0 Å². The zero-order valence-electron chi connectivity index (χ0n) is 14.1. The maximum Gasteiger partial charge on any atom is 0.0887 e. The molecule has 0 saturated carbocycles. The lowest BCUT2D eigenvalue weighted by Gasteiger charge is -2.20. The molecular formula is C22H22Si2. The molecule has 3 rings (SSSR count). The molecule has 0 aliphatic rings. The summed E-state index contributed by atoms with van der Waals surface area (Å²) in [6.45, 7) is 2.26. The first-order chi connectivity index (χ1) is 11.9. The van der Waals surface area contributed by atoms with Crippen molar-refractivity contribution in [3.63, 3.8) is 0 Å². The van der Waals surface area contributed by atoms with Crippen molar-refractivity contribution >= 4 is 29.4 Å². The quantitative estimate of drug-likeness (QED) is 0.573. The smallest absolute Gasteiger partial charge is 0.0642 e. The summed E-state index contributed by atoms with van der Waals surface area (Å²) >= 11 is 0. The van der Waals surface area contributed by atoms with E-state index in [0.717, 1.165) is 25.5 Å². The van der Waals surface area contributed by atoms with Gasteiger partial charge >= 0.3 is 0 Å². The molecule has 0 aromatic heterocycles. The van der Waals surface area contributed by atoms with Gasteiger partial charge in [-0.05, 0) is 23.1 Å². The number of benzene rings is 3. The fraction of sp³-hybridized carbons (Fsp3) is 0.182. The van der Waals surface area contributed by atoms with Gasteiger partial charge in [-0.1, -0.05) is 108 Å². The molecule has 0 amide bonds. The van der Waals surface area contributed by atoms with Crippen LogP contribution >= 0.6 is 0 Å². The number of aryl methyl sites for hydroxylation is 1. The van der Waals surface area contributed by atoms with Crippen LogP contribution in [0.25, 0.3) is 0 Å². The van der Waals surface area contributed by atoms with E-state index in [9.17, 15) is 0 Å². The first-order valence-corrected chi connectivity index (χ1v) is 10.8. The van der Waals surface area contributed by atoms with Crippen LogP contribution in [0.3, 0.4) is 0 Å². The summed E-state index contributed by atoms with van der Waals surface area (Å²) < 4.78 is 0. The van der Waals surface area contributed by atoms with Crippen molar-refractivity contribution in [3.05, 3.63) is 96.1 Å². The average molecular weight is 343 g/mol.